The van der Waals surface area contributed by atoms with Gasteiger partial charge in [0.05, 0.1) is 0 Å². The SMILES string of the molecule is CC1=C(C(C)N)CCC(C(C)C(C)C)=C1. The molecular formula is C14H25N. The Labute approximate surface area is 94.4 Å². The van der Waals surface area contributed by atoms with E-state index in [2.05, 4.69) is 40.7 Å². The molecule has 0 bridgehead atoms. The summed E-state index contributed by atoms with van der Waals surface area (Å²) < 4.78 is 0. The molecule has 0 saturated heterocycles. The van der Waals surface area contributed by atoms with Crippen LogP contribution in [0.15, 0.2) is 22.8 Å². The van der Waals surface area contributed by atoms with Crippen LogP contribution in [0.4, 0.5) is 0 Å². The summed E-state index contributed by atoms with van der Waals surface area (Å²) in [6, 6.07) is 0.220. The van der Waals surface area contributed by atoms with Gasteiger partial charge in [0, 0.05) is 6.04 Å². The zero-order chi connectivity index (χ0) is 11.6. The molecule has 0 aromatic heterocycles. The van der Waals surface area contributed by atoms with E-state index in [0.29, 0.717) is 5.92 Å². The molecule has 0 heterocycles. The van der Waals surface area contributed by atoms with Crippen LogP contribution < -0.4 is 5.73 Å². The first-order chi connectivity index (χ1) is 6.93. The Kier molecular flexibility index (Phi) is 4.15. The van der Waals surface area contributed by atoms with E-state index in [1.165, 1.54) is 17.6 Å². The molecule has 2 unspecified atom stereocenters. The van der Waals surface area contributed by atoms with Gasteiger partial charge in [-0.2, -0.15) is 0 Å². The van der Waals surface area contributed by atoms with E-state index >= 15 is 0 Å². The summed E-state index contributed by atoms with van der Waals surface area (Å²) >= 11 is 0. The topological polar surface area (TPSA) is 26.0 Å². The van der Waals surface area contributed by atoms with Crippen molar-refractivity contribution in [3.05, 3.63) is 22.8 Å². The van der Waals surface area contributed by atoms with Gasteiger partial charge in [-0.3, -0.25) is 0 Å². The molecule has 1 aliphatic rings. The molecule has 1 aliphatic carbocycles. The van der Waals surface area contributed by atoms with Gasteiger partial charge in [0.1, 0.15) is 0 Å². The quantitative estimate of drug-likeness (QED) is 0.751. The van der Waals surface area contributed by atoms with Crippen molar-refractivity contribution in [1.82, 2.24) is 0 Å². The molecule has 0 radical (unpaired) electrons. The van der Waals surface area contributed by atoms with Gasteiger partial charge in [-0.15, -0.1) is 0 Å². The van der Waals surface area contributed by atoms with Crippen LogP contribution in [-0.2, 0) is 0 Å². The Hall–Kier alpha value is -0.560. The molecule has 0 aromatic carbocycles. The Bertz CT molecular complexity index is 282. The van der Waals surface area contributed by atoms with E-state index in [9.17, 15) is 0 Å². The van der Waals surface area contributed by atoms with Crippen molar-refractivity contribution in [3.63, 3.8) is 0 Å². The first-order valence-corrected chi connectivity index (χ1v) is 6.09. The van der Waals surface area contributed by atoms with Crippen LogP contribution in [0, 0.1) is 11.8 Å². The molecule has 1 nitrogen and oxygen atoms in total. The van der Waals surface area contributed by atoms with Crippen LogP contribution in [0.1, 0.15) is 47.5 Å². The van der Waals surface area contributed by atoms with Gasteiger partial charge in [-0.25, -0.2) is 0 Å². The highest BCUT2D eigenvalue weighted by molar-refractivity contribution is 5.35. The molecule has 1 heteroatoms. The standard InChI is InChI=1S/C14H25N/c1-9(2)11(4)13-6-7-14(12(5)15)10(3)8-13/h8-9,11-12H,6-7,15H2,1-5H3. The van der Waals surface area contributed by atoms with Crippen molar-refractivity contribution in [2.45, 2.75) is 53.5 Å². The highest BCUT2D eigenvalue weighted by Gasteiger charge is 2.18. The fourth-order valence-corrected chi connectivity index (χ4v) is 2.29. The molecule has 1 rings (SSSR count). The van der Waals surface area contributed by atoms with Gasteiger partial charge in [0.2, 0.25) is 0 Å². The van der Waals surface area contributed by atoms with E-state index in [1.807, 2.05) is 0 Å². The first kappa shape index (κ1) is 12.5. The maximum atomic E-state index is 5.95. The highest BCUT2D eigenvalue weighted by Crippen LogP contribution is 2.32. The molecular weight excluding hydrogens is 182 g/mol. The fourth-order valence-electron chi connectivity index (χ4n) is 2.29. The molecule has 2 N–H and O–H groups in total. The van der Waals surface area contributed by atoms with E-state index in [4.69, 9.17) is 5.73 Å². The van der Waals surface area contributed by atoms with Crippen LogP contribution in [-0.4, -0.2) is 6.04 Å². The van der Waals surface area contributed by atoms with Crippen LogP contribution in [0.3, 0.4) is 0 Å². The zero-order valence-electron chi connectivity index (χ0n) is 10.8. The Morgan fingerprint density at radius 2 is 1.73 bits per heavy atom. The molecule has 0 saturated carbocycles. The normalized spacial score (nSPS) is 21.7. The minimum absolute atomic E-state index is 0.220. The lowest BCUT2D eigenvalue weighted by Gasteiger charge is -2.26. The summed E-state index contributed by atoms with van der Waals surface area (Å²) in [5.74, 6) is 1.44. The second-order valence-electron chi connectivity index (χ2n) is 5.25. The summed E-state index contributed by atoms with van der Waals surface area (Å²) in [4.78, 5) is 0. The smallest absolute Gasteiger partial charge is 0.0230 e. The van der Waals surface area contributed by atoms with Crippen molar-refractivity contribution in [1.29, 1.82) is 0 Å². The minimum atomic E-state index is 0.220. The van der Waals surface area contributed by atoms with Gasteiger partial charge in [0.15, 0.2) is 0 Å². The maximum Gasteiger partial charge on any atom is 0.0230 e. The second kappa shape index (κ2) is 4.98. The number of hydrogen-bond donors (Lipinski definition) is 1. The summed E-state index contributed by atoms with van der Waals surface area (Å²) in [5, 5.41) is 0. The second-order valence-corrected chi connectivity index (χ2v) is 5.25. The van der Waals surface area contributed by atoms with Crippen molar-refractivity contribution >= 4 is 0 Å². The Balaban J connectivity index is 2.86. The third-order valence-corrected chi connectivity index (χ3v) is 3.73. The summed E-state index contributed by atoms with van der Waals surface area (Å²) in [7, 11) is 0. The molecule has 0 fully saturated rings. The van der Waals surface area contributed by atoms with Crippen molar-refractivity contribution in [2.75, 3.05) is 0 Å². The first-order valence-electron chi connectivity index (χ1n) is 6.09. The zero-order valence-corrected chi connectivity index (χ0v) is 10.8. The van der Waals surface area contributed by atoms with Gasteiger partial charge in [0.25, 0.3) is 0 Å². The van der Waals surface area contributed by atoms with E-state index in [-0.39, 0.29) is 6.04 Å². The average Bonchev–Trinajstić information content (AvgIpc) is 2.15. The largest absolute Gasteiger partial charge is 0.324 e. The highest BCUT2D eigenvalue weighted by atomic mass is 14.6. The molecule has 0 amide bonds. The molecule has 0 spiro atoms. The predicted octanol–water partition coefficient (Wildman–Crippen LogP) is 3.66. The van der Waals surface area contributed by atoms with E-state index in [1.54, 1.807) is 5.57 Å². The van der Waals surface area contributed by atoms with Gasteiger partial charge >= 0.3 is 0 Å². The van der Waals surface area contributed by atoms with Gasteiger partial charge in [-0.05, 0) is 38.5 Å². The molecule has 2 atom stereocenters. The predicted molar refractivity (Wildman–Crippen MR) is 67.7 cm³/mol. The molecule has 0 aliphatic heterocycles. The number of allylic oxidation sites excluding steroid dienone is 3. The van der Waals surface area contributed by atoms with Crippen molar-refractivity contribution < 1.29 is 0 Å². The van der Waals surface area contributed by atoms with Crippen LogP contribution in [0.2, 0.25) is 0 Å². The Morgan fingerprint density at radius 1 is 1.13 bits per heavy atom. The summed E-state index contributed by atoms with van der Waals surface area (Å²) in [5.41, 5.74) is 10.4. The van der Waals surface area contributed by atoms with Crippen LogP contribution >= 0.6 is 0 Å². The van der Waals surface area contributed by atoms with Crippen LogP contribution in [0.5, 0.6) is 0 Å². The lowest BCUT2D eigenvalue weighted by molar-refractivity contribution is 0.462. The number of hydrogen-bond acceptors (Lipinski definition) is 1. The van der Waals surface area contributed by atoms with E-state index < -0.39 is 0 Å². The monoisotopic (exact) mass is 207 g/mol. The summed E-state index contributed by atoms with van der Waals surface area (Å²) in [6.45, 7) is 11.2. The van der Waals surface area contributed by atoms with Crippen molar-refractivity contribution in [3.8, 4) is 0 Å². The lowest BCUT2D eigenvalue weighted by Crippen LogP contribution is -2.21. The van der Waals surface area contributed by atoms with Gasteiger partial charge in [-0.1, -0.05) is 43.6 Å². The Morgan fingerprint density at radius 3 is 2.13 bits per heavy atom. The number of nitrogens with two attached hydrogens (primary N) is 1. The van der Waals surface area contributed by atoms with Crippen molar-refractivity contribution in [2.24, 2.45) is 17.6 Å². The third kappa shape index (κ3) is 2.94. The maximum absolute atomic E-state index is 5.95. The minimum Gasteiger partial charge on any atom is -0.324 e. The number of rotatable bonds is 3. The van der Waals surface area contributed by atoms with Gasteiger partial charge < -0.3 is 5.73 Å². The molecule has 15 heavy (non-hydrogen) atoms. The van der Waals surface area contributed by atoms with Crippen LogP contribution in [0.25, 0.3) is 0 Å². The average molecular weight is 207 g/mol. The molecule has 86 valence electrons. The lowest BCUT2D eigenvalue weighted by atomic mass is 9.81. The fraction of sp³-hybridized carbons (Fsp3) is 0.714. The van der Waals surface area contributed by atoms with E-state index in [0.717, 1.165) is 12.3 Å². The molecule has 0 aromatic rings. The summed E-state index contributed by atoms with van der Waals surface area (Å²) in [6.07, 6.45) is 4.73. The third-order valence-electron chi connectivity index (χ3n) is 3.73.